The van der Waals surface area contributed by atoms with E-state index in [1.54, 1.807) is 0 Å². The maximum absolute atomic E-state index is 12.9. The van der Waals surface area contributed by atoms with Gasteiger partial charge in [0.25, 0.3) is 0 Å². The Labute approximate surface area is 214 Å². The molecule has 0 saturated heterocycles. The van der Waals surface area contributed by atoms with Crippen LogP contribution in [0.2, 0.25) is 0 Å². The summed E-state index contributed by atoms with van der Waals surface area (Å²) in [5.41, 5.74) is 1.99. The molecule has 1 saturated carbocycles. The molecule has 0 radical (unpaired) electrons. The van der Waals surface area contributed by atoms with Crippen molar-refractivity contribution in [3.63, 3.8) is 0 Å². The van der Waals surface area contributed by atoms with E-state index in [1.165, 1.54) is 26.2 Å². The van der Waals surface area contributed by atoms with Gasteiger partial charge in [-0.05, 0) is 49.6 Å². The molecule has 0 amide bonds. The Morgan fingerprint density at radius 3 is 2.19 bits per heavy atom. The lowest BCUT2D eigenvalue weighted by Crippen LogP contribution is -2.47. The van der Waals surface area contributed by atoms with Crippen molar-refractivity contribution in [2.45, 2.75) is 76.9 Å². The number of hydrogen-bond donors (Lipinski definition) is 1. The fraction of sp³-hybridized carbons (Fsp3) is 0.448. The van der Waals surface area contributed by atoms with Crippen LogP contribution < -0.4 is 9.46 Å². The zero-order valence-electron chi connectivity index (χ0n) is 21.0. The molecule has 1 heterocycles. The number of carbonyl (C=O) groups is 1. The number of benzene rings is 2. The number of Topliss-reactive ketones (excluding diaryl/α,β-unsaturated/α-hetero) is 1. The molecule has 0 bridgehead atoms. The minimum atomic E-state index is -3.75. The molecular weight excluding hydrogens is 472 g/mol. The number of nitrogens with one attached hydrogen (secondary N) is 1. The first-order valence-electron chi connectivity index (χ1n) is 12.9. The molecule has 0 atom stereocenters. The van der Waals surface area contributed by atoms with E-state index in [0.29, 0.717) is 25.2 Å². The van der Waals surface area contributed by atoms with Crippen LogP contribution in [0.1, 0.15) is 76.0 Å². The van der Waals surface area contributed by atoms with Crippen LogP contribution in [0.15, 0.2) is 60.7 Å². The first kappa shape index (κ1) is 26.3. The normalized spacial score (nSPS) is 16.9. The second-order valence-corrected chi connectivity index (χ2v) is 11.7. The van der Waals surface area contributed by atoms with Crippen LogP contribution in [0.3, 0.4) is 0 Å². The van der Waals surface area contributed by atoms with Gasteiger partial charge in [0.1, 0.15) is 23.9 Å². The van der Waals surface area contributed by atoms with Gasteiger partial charge in [0.2, 0.25) is 10.0 Å². The number of ketones is 1. The molecule has 0 aliphatic heterocycles. The summed E-state index contributed by atoms with van der Waals surface area (Å²) in [4.78, 5) is 16.3. The van der Waals surface area contributed by atoms with E-state index in [-0.39, 0.29) is 5.78 Å². The maximum Gasteiger partial charge on any atom is 0.219 e. The Kier molecular flexibility index (Phi) is 8.75. The average molecular weight is 509 g/mol. The van der Waals surface area contributed by atoms with Gasteiger partial charge >= 0.3 is 0 Å². The van der Waals surface area contributed by atoms with E-state index in [0.717, 1.165) is 47.8 Å². The number of pyridine rings is 1. The molecule has 1 aromatic heterocycles. The SMILES string of the molecule is CC(=O)CS(=O)(=O)NC1(c2ccc(OCc3ccc4ccccc4n3)cc2)CCCCCCCCC1. The Morgan fingerprint density at radius 1 is 0.889 bits per heavy atom. The lowest BCUT2D eigenvalue weighted by atomic mass is 9.80. The molecular formula is C29H36N2O4S. The van der Waals surface area contributed by atoms with E-state index < -0.39 is 21.3 Å². The summed E-state index contributed by atoms with van der Waals surface area (Å²) in [5, 5.41) is 1.09. The molecule has 192 valence electrons. The standard InChI is InChI=1S/C29H36N2O4S/c1-23(32)22-36(33,34)31-29(19-9-5-3-2-4-6-10-20-29)25-14-17-27(18-15-25)35-21-26-16-13-24-11-7-8-12-28(24)30-26/h7-8,11-18,31H,2-6,9-10,19-22H2,1H3. The zero-order valence-corrected chi connectivity index (χ0v) is 21.9. The largest absolute Gasteiger partial charge is 0.487 e. The summed E-state index contributed by atoms with van der Waals surface area (Å²) < 4.78 is 34.8. The van der Waals surface area contributed by atoms with Gasteiger partial charge in [-0.15, -0.1) is 0 Å². The van der Waals surface area contributed by atoms with Gasteiger partial charge in [0, 0.05) is 5.39 Å². The van der Waals surface area contributed by atoms with E-state index >= 15 is 0 Å². The second-order valence-electron chi connectivity index (χ2n) is 9.93. The number of aromatic nitrogens is 1. The van der Waals surface area contributed by atoms with Crippen molar-refractivity contribution < 1.29 is 17.9 Å². The fourth-order valence-electron chi connectivity index (χ4n) is 5.13. The summed E-state index contributed by atoms with van der Waals surface area (Å²) >= 11 is 0. The highest BCUT2D eigenvalue weighted by Crippen LogP contribution is 2.36. The molecule has 1 N–H and O–H groups in total. The van der Waals surface area contributed by atoms with Gasteiger partial charge in [0.15, 0.2) is 0 Å². The van der Waals surface area contributed by atoms with Gasteiger partial charge in [0.05, 0.1) is 16.7 Å². The number of sulfonamides is 1. The van der Waals surface area contributed by atoms with Crippen molar-refractivity contribution in [3.8, 4) is 5.75 Å². The minimum Gasteiger partial charge on any atom is -0.487 e. The molecule has 4 rings (SSSR count). The van der Waals surface area contributed by atoms with Crippen molar-refractivity contribution >= 4 is 26.7 Å². The number of carbonyl (C=O) groups excluding carboxylic acids is 1. The lowest BCUT2D eigenvalue weighted by Gasteiger charge is -2.36. The summed E-state index contributed by atoms with van der Waals surface area (Å²) in [6.07, 6.45) is 9.05. The van der Waals surface area contributed by atoms with Gasteiger partial charge in [-0.25, -0.2) is 18.1 Å². The molecule has 7 heteroatoms. The van der Waals surface area contributed by atoms with Crippen molar-refractivity contribution in [1.82, 2.24) is 9.71 Å². The van der Waals surface area contributed by atoms with Crippen LogP contribution in [0.25, 0.3) is 10.9 Å². The van der Waals surface area contributed by atoms with Crippen LogP contribution in [-0.2, 0) is 27.0 Å². The van der Waals surface area contributed by atoms with Crippen molar-refractivity contribution in [2.24, 2.45) is 0 Å². The van der Waals surface area contributed by atoms with Crippen molar-refractivity contribution in [3.05, 3.63) is 71.9 Å². The molecule has 1 fully saturated rings. The Bertz CT molecular complexity index is 1260. The third kappa shape index (κ3) is 7.14. The van der Waals surface area contributed by atoms with Gasteiger partial charge in [-0.2, -0.15) is 0 Å². The van der Waals surface area contributed by atoms with Gasteiger partial charge < -0.3 is 4.74 Å². The summed E-state index contributed by atoms with van der Waals surface area (Å²) in [7, 11) is -3.75. The molecule has 6 nitrogen and oxygen atoms in total. The molecule has 1 aliphatic rings. The van der Waals surface area contributed by atoms with Crippen LogP contribution >= 0.6 is 0 Å². The first-order chi connectivity index (χ1) is 17.4. The summed E-state index contributed by atoms with van der Waals surface area (Å²) in [6, 6.07) is 19.7. The lowest BCUT2D eigenvalue weighted by molar-refractivity contribution is -0.114. The van der Waals surface area contributed by atoms with Gasteiger partial charge in [-0.3, -0.25) is 4.79 Å². The van der Waals surface area contributed by atoms with Crippen LogP contribution in [0.4, 0.5) is 0 Å². The third-order valence-corrected chi connectivity index (χ3v) is 8.39. The fourth-order valence-corrected chi connectivity index (χ4v) is 6.65. The van der Waals surface area contributed by atoms with E-state index in [1.807, 2.05) is 60.7 Å². The minimum absolute atomic E-state index is 0.348. The highest BCUT2D eigenvalue weighted by Gasteiger charge is 2.36. The number of fused-ring (bicyclic) bond motifs is 1. The highest BCUT2D eigenvalue weighted by molar-refractivity contribution is 7.90. The number of nitrogens with zero attached hydrogens (tertiary/aromatic N) is 1. The first-order valence-corrected chi connectivity index (χ1v) is 14.6. The predicted octanol–water partition coefficient (Wildman–Crippen LogP) is 6.04. The topological polar surface area (TPSA) is 85.4 Å². The van der Waals surface area contributed by atoms with E-state index in [9.17, 15) is 13.2 Å². The highest BCUT2D eigenvalue weighted by atomic mass is 32.2. The van der Waals surface area contributed by atoms with Crippen LogP contribution in [0, 0.1) is 0 Å². The van der Waals surface area contributed by atoms with Crippen LogP contribution in [0.5, 0.6) is 5.75 Å². The summed E-state index contributed by atoms with van der Waals surface area (Å²) in [5.74, 6) is -0.145. The van der Waals surface area contributed by atoms with Gasteiger partial charge in [-0.1, -0.05) is 81.3 Å². The number of hydrogen-bond acceptors (Lipinski definition) is 5. The van der Waals surface area contributed by atoms with E-state index in [2.05, 4.69) is 9.71 Å². The molecule has 2 aromatic carbocycles. The van der Waals surface area contributed by atoms with Crippen molar-refractivity contribution in [2.75, 3.05) is 5.75 Å². The molecule has 1 aliphatic carbocycles. The Hall–Kier alpha value is -2.77. The summed E-state index contributed by atoms with van der Waals surface area (Å²) in [6.45, 7) is 1.66. The maximum atomic E-state index is 12.9. The monoisotopic (exact) mass is 508 g/mol. The Balaban J connectivity index is 1.53. The average Bonchev–Trinajstić information content (AvgIpc) is 2.86. The van der Waals surface area contributed by atoms with Crippen molar-refractivity contribution in [1.29, 1.82) is 0 Å². The molecule has 3 aromatic rings. The molecule has 36 heavy (non-hydrogen) atoms. The smallest absolute Gasteiger partial charge is 0.219 e. The number of para-hydroxylation sites is 1. The molecule has 0 spiro atoms. The third-order valence-electron chi connectivity index (χ3n) is 6.90. The quantitative estimate of drug-likeness (QED) is 0.401. The predicted molar refractivity (Wildman–Crippen MR) is 143 cm³/mol. The number of rotatable bonds is 8. The van der Waals surface area contributed by atoms with Crippen LogP contribution in [-0.4, -0.2) is 24.9 Å². The second kappa shape index (κ2) is 12.0. The number of ether oxygens (including phenoxy) is 1. The Morgan fingerprint density at radius 2 is 1.53 bits per heavy atom. The zero-order chi connectivity index (χ0) is 25.4. The van der Waals surface area contributed by atoms with E-state index in [4.69, 9.17) is 4.74 Å². The molecule has 0 unspecified atom stereocenters.